The lowest BCUT2D eigenvalue weighted by molar-refractivity contribution is -0.276. The zero-order valence-electron chi connectivity index (χ0n) is 9.21. The monoisotopic (exact) mass is 280 g/mol. The van der Waals surface area contributed by atoms with Gasteiger partial charge >= 0.3 is 6.36 Å². The molecule has 0 aromatic carbocycles. The highest BCUT2D eigenvalue weighted by Gasteiger charge is 2.33. The summed E-state index contributed by atoms with van der Waals surface area (Å²) < 4.78 is 45.1. The first-order valence-corrected chi connectivity index (χ1v) is 5.20. The first-order valence-electron chi connectivity index (χ1n) is 4.66. The lowest BCUT2D eigenvalue weighted by atomic mass is 10.1. The highest BCUT2D eigenvalue weighted by molar-refractivity contribution is 6.17. The van der Waals surface area contributed by atoms with Crippen LogP contribution in [-0.2, 0) is 12.3 Å². The minimum atomic E-state index is -4.88. The number of ether oxygens (including phenoxy) is 2. The van der Waals surface area contributed by atoms with Gasteiger partial charge in [0.15, 0.2) is 0 Å². The fourth-order valence-electron chi connectivity index (χ4n) is 1.26. The second-order valence-electron chi connectivity index (χ2n) is 3.12. The molecule has 1 aromatic rings. The molecule has 0 amide bonds. The Labute approximate surface area is 106 Å². The number of rotatable bonds is 4. The van der Waals surface area contributed by atoms with E-state index in [4.69, 9.17) is 21.6 Å². The summed E-state index contributed by atoms with van der Waals surface area (Å²) in [7, 11) is 1.25. The third kappa shape index (κ3) is 3.67. The summed E-state index contributed by atoms with van der Waals surface area (Å²) in [6.45, 7) is 0. The van der Waals surface area contributed by atoms with E-state index in [1.165, 1.54) is 13.2 Å². The molecule has 1 aromatic heterocycles. The van der Waals surface area contributed by atoms with E-state index < -0.39 is 12.2 Å². The van der Waals surface area contributed by atoms with Crippen molar-refractivity contribution in [3.05, 3.63) is 17.2 Å². The van der Waals surface area contributed by atoms with E-state index in [9.17, 15) is 13.2 Å². The Morgan fingerprint density at radius 1 is 1.50 bits per heavy atom. The van der Waals surface area contributed by atoms with Crippen molar-refractivity contribution in [1.29, 1.82) is 5.26 Å². The van der Waals surface area contributed by atoms with Gasteiger partial charge in [-0.05, 0) is 5.56 Å². The summed E-state index contributed by atoms with van der Waals surface area (Å²) in [6, 6.07) is 3.17. The van der Waals surface area contributed by atoms with E-state index in [2.05, 4.69) is 9.72 Å². The van der Waals surface area contributed by atoms with Gasteiger partial charge in [0.1, 0.15) is 0 Å². The summed E-state index contributed by atoms with van der Waals surface area (Å²) in [5.74, 6) is -1.02. The molecule has 0 spiro atoms. The van der Waals surface area contributed by atoms with E-state index in [0.717, 1.165) is 0 Å². The number of nitriles is 1. The molecule has 0 saturated carbocycles. The summed E-state index contributed by atoms with van der Waals surface area (Å²) in [5, 5.41) is 8.61. The Balaban J connectivity index is 3.29. The third-order valence-corrected chi connectivity index (χ3v) is 2.25. The van der Waals surface area contributed by atoms with E-state index in [1.54, 1.807) is 0 Å². The molecule has 98 valence electrons. The van der Waals surface area contributed by atoms with Crippen LogP contribution in [-0.4, -0.2) is 18.5 Å². The number of alkyl halides is 4. The normalized spacial score (nSPS) is 10.9. The van der Waals surface area contributed by atoms with Crippen LogP contribution in [0.25, 0.3) is 0 Å². The number of methoxy groups -OCH3 is 1. The Hall–Kier alpha value is -1.68. The van der Waals surface area contributed by atoms with Gasteiger partial charge in [0, 0.05) is 11.6 Å². The number of hydrogen-bond donors (Lipinski definition) is 0. The molecule has 1 rings (SSSR count). The van der Waals surface area contributed by atoms with Crippen LogP contribution in [0.1, 0.15) is 11.1 Å². The second kappa shape index (κ2) is 5.78. The van der Waals surface area contributed by atoms with Crippen LogP contribution in [0.5, 0.6) is 11.8 Å². The third-order valence-electron chi connectivity index (χ3n) is 1.98. The fraction of sp³-hybridized carbons (Fsp3) is 0.400. The molecule has 18 heavy (non-hydrogen) atoms. The van der Waals surface area contributed by atoms with Gasteiger partial charge in [0.2, 0.25) is 11.8 Å². The van der Waals surface area contributed by atoms with Crippen LogP contribution in [0, 0.1) is 11.3 Å². The average molecular weight is 281 g/mol. The summed E-state index contributed by atoms with van der Waals surface area (Å²) in [4.78, 5) is 3.53. The predicted molar refractivity (Wildman–Crippen MR) is 56.3 cm³/mol. The van der Waals surface area contributed by atoms with Gasteiger partial charge in [0.05, 0.1) is 25.5 Å². The van der Waals surface area contributed by atoms with Gasteiger partial charge in [-0.25, -0.2) is 0 Å². The smallest absolute Gasteiger partial charge is 0.481 e. The maximum atomic E-state index is 12.2. The van der Waals surface area contributed by atoms with Gasteiger partial charge < -0.3 is 9.47 Å². The maximum absolute atomic E-state index is 12.2. The van der Waals surface area contributed by atoms with Crippen LogP contribution < -0.4 is 9.47 Å². The Bertz CT molecular complexity index is 471. The molecule has 0 unspecified atom stereocenters. The first kappa shape index (κ1) is 14.4. The van der Waals surface area contributed by atoms with Crippen LogP contribution in [0.15, 0.2) is 6.07 Å². The lowest BCUT2D eigenvalue weighted by Crippen LogP contribution is -2.19. The van der Waals surface area contributed by atoms with E-state index >= 15 is 0 Å². The fourth-order valence-corrected chi connectivity index (χ4v) is 1.54. The van der Waals surface area contributed by atoms with Crippen LogP contribution in [0.4, 0.5) is 13.2 Å². The molecular weight excluding hydrogens is 273 g/mol. The summed E-state index contributed by atoms with van der Waals surface area (Å²) >= 11 is 5.56. The molecule has 0 aliphatic heterocycles. The minimum Gasteiger partial charge on any atom is -0.481 e. The molecule has 4 nitrogen and oxygen atoms in total. The molecule has 0 bridgehead atoms. The molecule has 0 saturated heterocycles. The van der Waals surface area contributed by atoms with Gasteiger partial charge in [-0.1, -0.05) is 0 Å². The Morgan fingerprint density at radius 2 is 2.17 bits per heavy atom. The quantitative estimate of drug-likeness (QED) is 0.796. The summed E-state index contributed by atoms with van der Waals surface area (Å²) in [6.07, 6.45) is -5.00. The van der Waals surface area contributed by atoms with Gasteiger partial charge in [0.25, 0.3) is 0 Å². The Morgan fingerprint density at radius 3 is 2.61 bits per heavy atom. The van der Waals surface area contributed by atoms with Crippen molar-refractivity contribution < 1.29 is 22.6 Å². The molecule has 0 fully saturated rings. The van der Waals surface area contributed by atoms with E-state index in [-0.39, 0.29) is 23.7 Å². The average Bonchev–Trinajstić information content (AvgIpc) is 2.27. The van der Waals surface area contributed by atoms with Crippen LogP contribution in [0.3, 0.4) is 0 Å². The van der Waals surface area contributed by atoms with Crippen molar-refractivity contribution in [2.45, 2.75) is 18.7 Å². The zero-order chi connectivity index (χ0) is 13.8. The van der Waals surface area contributed by atoms with Gasteiger partial charge in [-0.2, -0.15) is 10.2 Å². The largest absolute Gasteiger partial charge is 0.574 e. The highest BCUT2D eigenvalue weighted by Crippen LogP contribution is 2.31. The SMILES string of the molecule is COc1cc(CC#N)c(CCl)c(OC(F)(F)F)n1. The van der Waals surface area contributed by atoms with Crippen LogP contribution in [0.2, 0.25) is 0 Å². The highest BCUT2D eigenvalue weighted by atomic mass is 35.5. The minimum absolute atomic E-state index is 0.0244. The predicted octanol–water partition coefficient (Wildman–Crippen LogP) is 2.79. The molecule has 0 aliphatic rings. The standard InChI is InChI=1S/C10H8ClF3N2O2/c1-17-8-4-6(2-3-15)7(5-11)9(16-8)18-10(12,13)14/h4H,2,5H2,1H3. The van der Waals surface area contributed by atoms with Gasteiger partial charge in [-0.15, -0.1) is 24.8 Å². The zero-order valence-corrected chi connectivity index (χ0v) is 9.97. The van der Waals surface area contributed by atoms with Crippen molar-refractivity contribution >= 4 is 11.6 Å². The molecule has 8 heteroatoms. The molecule has 0 N–H and O–H groups in total. The molecule has 0 atom stereocenters. The molecule has 0 aliphatic carbocycles. The van der Waals surface area contributed by atoms with Crippen molar-refractivity contribution in [2.24, 2.45) is 0 Å². The topological polar surface area (TPSA) is 55.1 Å². The van der Waals surface area contributed by atoms with Crippen LogP contribution >= 0.6 is 11.6 Å². The van der Waals surface area contributed by atoms with E-state index in [0.29, 0.717) is 5.56 Å². The number of nitrogens with zero attached hydrogens (tertiary/aromatic N) is 2. The second-order valence-corrected chi connectivity index (χ2v) is 3.39. The molecule has 1 heterocycles. The maximum Gasteiger partial charge on any atom is 0.574 e. The van der Waals surface area contributed by atoms with Crippen molar-refractivity contribution in [1.82, 2.24) is 4.98 Å². The van der Waals surface area contributed by atoms with E-state index in [1.807, 2.05) is 6.07 Å². The molecule has 0 radical (unpaired) electrons. The number of pyridine rings is 1. The first-order chi connectivity index (χ1) is 8.41. The number of aromatic nitrogens is 1. The summed E-state index contributed by atoms with van der Waals surface area (Å²) in [5.41, 5.74) is 0.315. The number of hydrogen-bond acceptors (Lipinski definition) is 4. The lowest BCUT2D eigenvalue weighted by Gasteiger charge is -2.14. The van der Waals surface area contributed by atoms with Crippen molar-refractivity contribution in [2.75, 3.05) is 7.11 Å². The van der Waals surface area contributed by atoms with Crippen molar-refractivity contribution in [3.8, 4) is 17.8 Å². The van der Waals surface area contributed by atoms with Crippen molar-refractivity contribution in [3.63, 3.8) is 0 Å². The van der Waals surface area contributed by atoms with Gasteiger partial charge in [-0.3, -0.25) is 0 Å². The molecular formula is C10H8ClF3N2O2. The Kier molecular flexibility index (Phi) is 4.62. The number of halogens is 4.